The minimum absolute atomic E-state index is 0. The topological polar surface area (TPSA) is 0 Å². The van der Waals surface area contributed by atoms with Crippen molar-refractivity contribution < 1.29 is 33.6 Å². The van der Waals surface area contributed by atoms with Gasteiger partial charge in [-0.05, 0) is 10.8 Å². The zero-order chi connectivity index (χ0) is 28.8. The summed E-state index contributed by atoms with van der Waals surface area (Å²) in [6.07, 6.45) is 0. The van der Waals surface area contributed by atoms with Crippen LogP contribution in [0.1, 0.15) is 63.8 Å². The van der Waals surface area contributed by atoms with Gasteiger partial charge in [0.05, 0.1) is 0 Å². The molecule has 0 aliphatic carbocycles. The van der Waals surface area contributed by atoms with Gasteiger partial charge in [-0.1, -0.05) is 76.9 Å². The molecule has 0 saturated heterocycles. The van der Waals surface area contributed by atoms with Gasteiger partial charge in [0, 0.05) is 0 Å². The molecule has 0 N–H and O–H groups in total. The molecule has 216 valence electrons. The van der Waals surface area contributed by atoms with Crippen LogP contribution in [0.25, 0.3) is 21.5 Å². The van der Waals surface area contributed by atoms with Gasteiger partial charge in [0.2, 0.25) is 0 Å². The minimum Gasteiger partial charge on any atom is -0.214 e. The van der Waals surface area contributed by atoms with Gasteiger partial charge >= 0.3 is 99.2 Å². The largest absolute Gasteiger partial charge is 0.214 e. The van der Waals surface area contributed by atoms with Crippen molar-refractivity contribution in [2.45, 2.75) is 52.4 Å². The fourth-order valence-corrected chi connectivity index (χ4v) is 5.47. The van der Waals surface area contributed by atoms with Gasteiger partial charge in [-0.15, -0.1) is 39.7 Å². The van der Waals surface area contributed by atoms with E-state index in [0.29, 0.717) is 0 Å². The molecule has 0 nitrogen and oxygen atoms in total. The number of hydrogen-bond donors (Lipinski definition) is 0. The number of hydrogen-bond acceptors (Lipinski definition) is 0. The zero-order valence-electron chi connectivity index (χ0n) is 25.5. The quantitative estimate of drug-likeness (QED) is 0.245. The molecule has 0 amide bonds. The van der Waals surface area contributed by atoms with Crippen molar-refractivity contribution >= 4 is 24.8 Å². The molecule has 0 bridgehead atoms. The summed E-state index contributed by atoms with van der Waals surface area (Å²) in [7, 11) is 0. The third-order valence-corrected chi connectivity index (χ3v) is 8.54. The Balaban J connectivity index is 0.000000253. The molecule has 0 heterocycles. The Morgan fingerprint density at radius 1 is 0.524 bits per heavy atom. The third-order valence-electron chi connectivity index (χ3n) is 7.12. The molecule has 0 saturated carbocycles. The minimum atomic E-state index is 0. The van der Waals surface area contributed by atoms with Crippen LogP contribution in [0.3, 0.4) is 0 Å². The van der Waals surface area contributed by atoms with Crippen molar-refractivity contribution in [3.05, 3.63) is 156 Å². The molecule has 0 aliphatic rings. The van der Waals surface area contributed by atoms with Crippen molar-refractivity contribution in [2.75, 3.05) is 0 Å². The molecule has 0 atom stereocenters. The van der Waals surface area contributed by atoms with Gasteiger partial charge in [-0.3, -0.25) is 0 Å². The average molecular weight is 638 g/mol. The summed E-state index contributed by atoms with van der Waals surface area (Å²) in [5, 5.41) is 5.48. The van der Waals surface area contributed by atoms with Crippen LogP contribution in [0.15, 0.2) is 133 Å². The summed E-state index contributed by atoms with van der Waals surface area (Å²) >= 11 is 1.46. The number of fused-ring (bicyclic) bond motifs is 3. The first-order valence-electron chi connectivity index (χ1n) is 14.0. The maximum absolute atomic E-state index is 2.35. The van der Waals surface area contributed by atoms with Gasteiger partial charge in [-0.2, -0.15) is 18.2 Å². The Morgan fingerprint density at radius 2 is 0.905 bits per heavy atom. The van der Waals surface area contributed by atoms with Gasteiger partial charge in [0.1, 0.15) is 0 Å². The van der Waals surface area contributed by atoms with Crippen LogP contribution in [0.5, 0.6) is 0 Å². The van der Waals surface area contributed by atoms with Crippen LogP contribution in [-0.2, 0) is 35.1 Å². The Labute approximate surface area is 265 Å². The van der Waals surface area contributed by atoms with E-state index in [9.17, 15) is 0 Å². The average Bonchev–Trinajstić information content (AvgIpc) is 3.64. The maximum Gasteiger partial charge on any atom is -0.172 e. The summed E-state index contributed by atoms with van der Waals surface area (Å²) in [4.78, 5) is 0. The predicted molar refractivity (Wildman–Crippen MR) is 173 cm³/mol. The second-order valence-electron chi connectivity index (χ2n) is 12.3. The number of halogens is 2. The normalized spacial score (nSPS) is 10.9. The van der Waals surface area contributed by atoms with Crippen molar-refractivity contribution in [1.82, 2.24) is 0 Å². The Kier molecular flexibility index (Phi) is 12.7. The Morgan fingerprint density at radius 3 is 1.21 bits per heavy atom. The molecule has 0 aliphatic heterocycles. The van der Waals surface area contributed by atoms with E-state index in [4.69, 9.17) is 0 Å². The van der Waals surface area contributed by atoms with Gasteiger partial charge in [-0.25, -0.2) is 12.1 Å². The van der Waals surface area contributed by atoms with E-state index in [-0.39, 0.29) is 20.2 Å². The molecule has 0 spiro atoms. The van der Waals surface area contributed by atoms with Crippen LogP contribution in [0.4, 0.5) is 0 Å². The van der Waals surface area contributed by atoms with E-state index in [0.717, 1.165) is 0 Å². The smallest absolute Gasteiger partial charge is 0.172 e. The first-order chi connectivity index (χ1) is 19.0. The molecule has 6 aromatic rings. The third kappa shape index (κ3) is 9.10. The van der Waals surface area contributed by atoms with Crippen molar-refractivity contribution in [3.63, 3.8) is 0 Å². The van der Waals surface area contributed by atoms with Crippen LogP contribution >= 0.6 is 0 Å². The molecule has 0 unspecified atom stereocenters. The Hall–Kier alpha value is -3.29. The van der Waals surface area contributed by atoms with E-state index in [1.807, 2.05) is 30.3 Å². The van der Waals surface area contributed by atoms with E-state index in [1.54, 1.807) is 0 Å². The number of benzene rings is 4. The fraction of sp³-hybridized carbons (Fsp3) is 0.205. The Bertz CT molecular complexity index is 1520. The van der Waals surface area contributed by atoms with Crippen LogP contribution in [0, 0.1) is 0 Å². The monoisotopic (exact) mass is 636 g/mol. The predicted octanol–water partition coefficient (Wildman–Crippen LogP) is 4.52. The number of rotatable bonds is 2. The summed E-state index contributed by atoms with van der Waals surface area (Å²) in [6, 6.07) is 47.3. The molecule has 42 heavy (non-hydrogen) atoms. The van der Waals surface area contributed by atoms with Gasteiger partial charge in [0.25, 0.3) is 0 Å². The summed E-state index contributed by atoms with van der Waals surface area (Å²) < 4.78 is 1.42. The standard InChI is InChI=1S/C21H25.C13H10.C5H5.2FH.Zr/c1-20(2,3)16-7-9-18-14(12-16)11-15-13-17(21(4,5)6)8-10-19(15)18;1-3-7-12(8-4-1)11-13-9-5-2-6-10-13;1-2-4-5-3-1;;;/h7-13H,1-6H3;1-10H;1-5H;2*1H;/q-1;;-1;;;+2/p-2. The van der Waals surface area contributed by atoms with E-state index < -0.39 is 0 Å². The summed E-state index contributed by atoms with van der Waals surface area (Å²) in [5.74, 6) is 0. The van der Waals surface area contributed by atoms with Crippen LogP contribution in [0.2, 0.25) is 0 Å². The fourth-order valence-electron chi connectivity index (χ4n) is 4.65. The van der Waals surface area contributed by atoms with Gasteiger partial charge in [0.15, 0.2) is 0 Å². The second kappa shape index (κ2) is 15.3. The van der Waals surface area contributed by atoms with Crippen molar-refractivity contribution in [3.8, 4) is 0 Å². The second-order valence-corrected chi connectivity index (χ2v) is 13.5. The van der Waals surface area contributed by atoms with Crippen LogP contribution in [-0.4, -0.2) is 3.21 Å². The molecule has 0 aromatic heterocycles. The zero-order valence-corrected chi connectivity index (χ0v) is 27.9. The first kappa shape index (κ1) is 34.9. The van der Waals surface area contributed by atoms with E-state index >= 15 is 0 Å². The van der Waals surface area contributed by atoms with Crippen molar-refractivity contribution in [2.24, 2.45) is 0 Å². The van der Waals surface area contributed by atoms with E-state index in [1.165, 1.54) is 71.2 Å². The molecule has 6 aromatic carbocycles. The first-order valence-corrected chi connectivity index (χ1v) is 15.3. The molecule has 3 heteroatoms. The molecular formula is C39H40F2Zr-2. The van der Waals surface area contributed by atoms with Gasteiger partial charge < -0.3 is 9.41 Å². The maximum atomic E-state index is 2.35. The molecular weight excluding hydrogens is 598 g/mol. The van der Waals surface area contributed by atoms with Crippen LogP contribution < -0.4 is 9.41 Å². The molecule has 0 radical (unpaired) electrons. The van der Waals surface area contributed by atoms with Crippen molar-refractivity contribution in [1.29, 1.82) is 0 Å². The van der Waals surface area contributed by atoms with E-state index in [2.05, 4.69) is 145 Å². The summed E-state index contributed by atoms with van der Waals surface area (Å²) in [6.45, 7) is 13.6. The molecule has 6 rings (SSSR count). The summed E-state index contributed by atoms with van der Waals surface area (Å²) in [5.41, 5.74) is 5.87. The molecule has 0 fully saturated rings. The SMILES string of the molecule is CC(C)(C)c1ccc2c(c1)[cH-]c1cc(C(C)(C)C)ccc12.[F-].[F-].[Zr+2]=[C](c1ccccc1)c1ccccc1.c1cc[cH-]c1.